The van der Waals surface area contributed by atoms with Gasteiger partial charge in [-0.25, -0.2) is 9.97 Å². The zero-order valence-electron chi connectivity index (χ0n) is 13.6. The third-order valence-electron chi connectivity index (χ3n) is 3.24. The van der Waals surface area contributed by atoms with Crippen LogP contribution >= 0.6 is 23.4 Å². The number of rotatable bonds is 5. The molecule has 11 heteroatoms. The number of anilines is 2. The second-order valence-corrected chi connectivity index (χ2v) is 6.59. The molecule has 2 rings (SSSR count). The van der Waals surface area contributed by atoms with E-state index in [4.69, 9.17) is 22.5 Å². The highest BCUT2D eigenvalue weighted by molar-refractivity contribution is 7.99. The van der Waals surface area contributed by atoms with Gasteiger partial charge in [-0.15, -0.1) is 0 Å². The summed E-state index contributed by atoms with van der Waals surface area (Å²) >= 11 is 7.18. The van der Waals surface area contributed by atoms with Crippen LogP contribution in [0.4, 0.5) is 17.2 Å². The molecule has 0 atom stereocenters. The maximum atomic E-state index is 11.4. The predicted octanol–water partition coefficient (Wildman–Crippen LogP) is 3.04. The van der Waals surface area contributed by atoms with Crippen LogP contribution in [-0.4, -0.2) is 39.9 Å². The van der Waals surface area contributed by atoms with Crippen molar-refractivity contribution >= 4 is 46.3 Å². The SMILES string of the molecule is CC(=NO)c1cc([N+](=O)[O-])c(Sc2ncnc(N(C)C)c2N)cc1Cl. The molecule has 0 aliphatic heterocycles. The fraction of sp³-hybridized carbons (Fsp3) is 0.214. The number of nitro benzene ring substituents is 1. The van der Waals surface area contributed by atoms with Gasteiger partial charge in [0.2, 0.25) is 0 Å². The average molecular weight is 383 g/mol. The molecule has 0 fully saturated rings. The number of oxime groups is 1. The van der Waals surface area contributed by atoms with E-state index in [1.807, 2.05) is 0 Å². The van der Waals surface area contributed by atoms with Gasteiger partial charge < -0.3 is 15.8 Å². The first-order chi connectivity index (χ1) is 11.8. The molecule has 2 aromatic rings. The highest BCUT2D eigenvalue weighted by Crippen LogP contribution is 2.40. The summed E-state index contributed by atoms with van der Waals surface area (Å²) in [6.07, 6.45) is 1.33. The fourth-order valence-corrected chi connectivity index (χ4v) is 3.30. The number of hydrogen-bond acceptors (Lipinski definition) is 9. The lowest BCUT2D eigenvalue weighted by Gasteiger charge is -2.15. The van der Waals surface area contributed by atoms with E-state index in [2.05, 4.69) is 15.1 Å². The predicted molar refractivity (Wildman–Crippen MR) is 97.0 cm³/mol. The van der Waals surface area contributed by atoms with Crippen molar-refractivity contribution in [1.29, 1.82) is 0 Å². The number of aromatic nitrogens is 2. The molecule has 25 heavy (non-hydrogen) atoms. The molecule has 0 saturated carbocycles. The van der Waals surface area contributed by atoms with Gasteiger partial charge in [-0.1, -0.05) is 28.5 Å². The van der Waals surface area contributed by atoms with Crippen LogP contribution in [0, 0.1) is 10.1 Å². The van der Waals surface area contributed by atoms with Crippen molar-refractivity contribution in [2.45, 2.75) is 16.8 Å². The maximum Gasteiger partial charge on any atom is 0.284 e. The summed E-state index contributed by atoms with van der Waals surface area (Å²) in [7, 11) is 3.55. The zero-order chi connectivity index (χ0) is 18.7. The Bertz CT molecular complexity index is 859. The van der Waals surface area contributed by atoms with E-state index in [9.17, 15) is 10.1 Å². The molecule has 1 aromatic heterocycles. The van der Waals surface area contributed by atoms with Crippen LogP contribution in [0.2, 0.25) is 5.02 Å². The molecule has 132 valence electrons. The Balaban J connectivity index is 2.55. The Morgan fingerprint density at radius 3 is 2.68 bits per heavy atom. The van der Waals surface area contributed by atoms with Crippen molar-refractivity contribution < 1.29 is 10.1 Å². The van der Waals surface area contributed by atoms with Crippen molar-refractivity contribution in [2.75, 3.05) is 24.7 Å². The molecule has 0 radical (unpaired) electrons. The first kappa shape index (κ1) is 18.7. The largest absolute Gasteiger partial charge is 0.411 e. The zero-order valence-corrected chi connectivity index (χ0v) is 15.2. The molecule has 1 heterocycles. The van der Waals surface area contributed by atoms with E-state index in [0.29, 0.717) is 16.5 Å². The molecule has 3 N–H and O–H groups in total. The van der Waals surface area contributed by atoms with Crippen molar-refractivity contribution in [3.63, 3.8) is 0 Å². The van der Waals surface area contributed by atoms with Gasteiger partial charge in [0, 0.05) is 25.7 Å². The number of nitrogens with two attached hydrogens (primary N) is 1. The molecular formula is C14H15ClN6O3S. The number of nitrogen functional groups attached to an aromatic ring is 1. The smallest absolute Gasteiger partial charge is 0.284 e. The van der Waals surface area contributed by atoms with Crippen LogP contribution in [0.3, 0.4) is 0 Å². The Morgan fingerprint density at radius 2 is 2.12 bits per heavy atom. The summed E-state index contributed by atoms with van der Waals surface area (Å²) in [5, 5.41) is 23.9. The van der Waals surface area contributed by atoms with Crippen LogP contribution in [0.1, 0.15) is 12.5 Å². The Labute approximate surface area is 152 Å². The molecular weight excluding hydrogens is 368 g/mol. The summed E-state index contributed by atoms with van der Waals surface area (Å²) in [5.74, 6) is 0.506. The maximum absolute atomic E-state index is 11.4. The van der Waals surface area contributed by atoms with Gasteiger partial charge in [0.25, 0.3) is 5.69 Å². The fourth-order valence-electron chi connectivity index (χ4n) is 2.01. The Kier molecular flexibility index (Phi) is 5.65. The molecule has 0 aliphatic rings. The lowest BCUT2D eigenvalue weighted by Crippen LogP contribution is -2.14. The number of halogens is 1. The van der Waals surface area contributed by atoms with Crippen LogP contribution in [0.5, 0.6) is 0 Å². The van der Waals surface area contributed by atoms with Crippen molar-refractivity contribution in [2.24, 2.45) is 5.16 Å². The lowest BCUT2D eigenvalue weighted by atomic mass is 10.1. The van der Waals surface area contributed by atoms with Crippen LogP contribution in [-0.2, 0) is 0 Å². The molecule has 0 amide bonds. The van der Waals surface area contributed by atoms with E-state index in [-0.39, 0.29) is 26.9 Å². The molecule has 0 bridgehead atoms. The summed E-state index contributed by atoms with van der Waals surface area (Å²) < 4.78 is 0. The number of nitro groups is 1. The third-order valence-corrected chi connectivity index (χ3v) is 4.62. The normalized spacial score (nSPS) is 11.4. The number of hydrogen-bond donors (Lipinski definition) is 2. The van der Waals surface area contributed by atoms with Gasteiger partial charge in [-0.3, -0.25) is 10.1 Å². The molecule has 9 nitrogen and oxygen atoms in total. The van der Waals surface area contributed by atoms with Gasteiger partial charge >= 0.3 is 0 Å². The van der Waals surface area contributed by atoms with Gasteiger partial charge in [-0.05, 0) is 13.0 Å². The van der Waals surface area contributed by atoms with Crippen molar-refractivity contribution in [3.8, 4) is 0 Å². The molecule has 0 aliphatic carbocycles. The second kappa shape index (κ2) is 7.53. The Hall–Kier alpha value is -2.59. The highest BCUT2D eigenvalue weighted by Gasteiger charge is 2.22. The summed E-state index contributed by atoms with van der Waals surface area (Å²) in [5.41, 5.74) is 6.60. The number of nitrogens with zero attached hydrogens (tertiary/aromatic N) is 5. The summed E-state index contributed by atoms with van der Waals surface area (Å²) in [6.45, 7) is 1.49. The van der Waals surface area contributed by atoms with E-state index >= 15 is 0 Å². The molecule has 0 spiro atoms. The number of benzene rings is 1. The quantitative estimate of drug-likeness (QED) is 0.265. The monoisotopic (exact) mass is 382 g/mol. The highest BCUT2D eigenvalue weighted by atomic mass is 35.5. The second-order valence-electron chi connectivity index (χ2n) is 5.15. The molecule has 0 unspecified atom stereocenters. The summed E-state index contributed by atoms with van der Waals surface area (Å²) in [4.78, 5) is 21.0. The topological polar surface area (TPSA) is 131 Å². The average Bonchev–Trinajstić information content (AvgIpc) is 2.55. The van der Waals surface area contributed by atoms with E-state index in [0.717, 1.165) is 11.8 Å². The molecule has 0 saturated heterocycles. The Morgan fingerprint density at radius 1 is 1.44 bits per heavy atom. The van der Waals surface area contributed by atoms with Crippen molar-refractivity contribution in [3.05, 3.63) is 39.2 Å². The minimum absolute atomic E-state index is 0.168. The molecule has 1 aromatic carbocycles. The minimum atomic E-state index is -0.545. The lowest BCUT2D eigenvalue weighted by molar-refractivity contribution is -0.387. The van der Waals surface area contributed by atoms with Crippen LogP contribution in [0.15, 0.2) is 33.5 Å². The van der Waals surface area contributed by atoms with E-state index < -0.39 is 4.92 Å². The van der Waals surface area contributed by atoms with Crippen LogP contribution < -0.4 is 10.6 Å². The van der Waals surface area contributed by atoms with E-state index in [1.165, 1.54) is 25.4 Å². The summed E-state index contributed by atoms with van der Waals surface area (Å²) in [6, 6.07) is 2.68. The van der Waals surface area contributed by atoms with Crippen LogP contribution in [0.25, 0.3) is 0 Å². The first-order valence-electron chi connectivity index (χ1n) is 6.88. The first-order valence-corrected chi connectivity index (χ1v) is 8.08. The standard InChI is InChI=1S/C14H15ClN6O3S/c1-7(19-22)8-4-10(21(23)24)11(5-9(8)15)25-14-12(16)13(20(2)3)17-6-18-14/h4-6,22H,16H2,1-3H3. The van der Waals surface area contributed by atoms with Crippen molar-refractivity contribution in [1.82, 2.24) is 9.97 Å². The van der Waals surface area contributed by atoms with Gasteiger partial charge in [0.05, 0.1) is 20.6 Å². The van der Waals surface area contributed by atoms with Gasteiger partial charge in [0.15, 0.2) is 5.82 Å². The van der Waals surface area contributed by atoms with E-state index in [1.54, 1.807) is 19.0 Å². The minimum Gasteiger partial charge on any atom is -0.411 e. The third kappa shape index (κ3) is 3.91. The van der Waals surface area contributed by atoms with Gasteiger partial charge in [0.1, 0.15) is 17.0 Å². The van der Waals surface area contributed by atoms with Gasteiger partial charge in [-0.2, -0.15) is 0 Å².